The normalized spacial score (nSPS) is 10.7. The lowest BCUT2D eigenvalue weighted by molar-refractivity contribution is -0.113. The Labute approximate surface area is 152 Å². The van der Waals surface area contributed by atoms with Crippen LogP contribution in [0.5, 0.6) is 0 Å². The number of carbonyl (C=O) groups excluding carboxylic acids is 1. The van der Waals surface area contributed by atoms with Gasteiger partial charge in [0, 0.05) is 5.69 Å². The molecule has 1 N–H and O–H groups in total. The fourth-order valence-corrected chi connectivity index (χ4v) is 2.99. The SMILES string of the molecule is Cc1ccccc1-n1nnnc1SCC(=O)Nc1ccc(F)c(Cl)c1. The number of rotatable bonds is 5. The van der Waals surface area contributed by atoms with Crippen molar-refractivity contribution in [3.8, 4) is 5.69 Å². The molecule has 0 radical (unpaired) electrons. The maximum Gasteiger partial charge on any atom is 0.234 e. The van der Waals surface area contributed by atoms with E-state index in [9.17, 15) is 9.18 Å². The topological polar surface area (TPSA) is 72.7 Å². The van der Waals surface area contributed by atoms with Crippen LogP contribution in [0.4, 0.5) is 10.1 Å². The first-order valence-electron chi connectivity index (χ1n) is 7.26. The maximum absolute atomic E-state index is 13.1. The van der Waals surface area contributed by atoms with E-state index < -0.39 is 5.82 Å². The van der Waals surface area contributed by atoms with Gasteiger partial charge in [0.2, 0.25) is 11.1 Å². The quantitative estimate of drug-likeness (QED) is 0.689. The summed E-state index contributed by atoms with van der Waals surface area (Å²) in [4.78, 5) is 12.1. The van der Waals surface area contributed by atoms with Crippen LogP contribution in [-0.4, -0.2) is 31.9 Å². The first-order chi connectivity index (χ1) is 12.0. The van der Waals surface area contributed by atoms with Gasteiger partial charge in [0.25, 0.3) is 0 Å². The molecule has 0 spiro atoms. The van der Waals surface area contributed by atoms with E-state index in [0.29, 0.717) is 10.8 Å². The minimum Gasteiger partial charge on any atom is -0.325 e. The molecule has 25 heavy (non-hydrogen) atoms. The number of thioether (sulfide) groups is 1. The van der Waals surface area contributed by atoms with Crippen LogP contribution in [0.1, 0.15) is 5.56 Å². The summed E-state index contributed by atoms with van der Waals surface area (Å²) in [6, 6.07) is 11.7. The summed E-state index contributed by atoms with van der Waals surface area (Å²) in [6.45, 7) is 1.95. The molecule has 0 saturated heterocycles. The highest BCUT2D eigenvalue weighted by atomic mass is 35.5. The highest BCUT2D eigenvalue weighted by Crippen LogP contribution is 2.22. The van der Waals surface area contributed by atoms with Gasteiger partial charge in [0.1, 0.15) is 5.82 Å². The van der Waals surface area contributed by atoms with Gasteiger partial charge in [-0.2, -0.15) is 4.68 Å². The Morgan fingerprint density at radius 1 is 1.32 bits per heavy atom. The highest BCUT2D eigenvalue weighted by molar-refractivity contribution is 7.99. The third kappa shape index (κ3) is 4.15. The van der Waals surface area contributed by atoms with Crippen LogP contribution in [0.2, 0.25) is 5.02 Å². The number of nitrogens with zero attached hydrogens (tertiary/aromatic N) is 4. The van der Waals surface area contributed by atoms with Crippen LogP contribution in [0, 0.1) is 12.7 Å². The minimum atomic E-state index is -0.536. The molecular formula is C16H13ClFN5OS. The molecule has 9 heteroatoms. The second-order valence-corrected chi connectivity index (χ2v) is 6.48. The number of hydrogen-bond acceptors (Lipinski definition) is 5. The zero-order valence-electron chi connectivity index (χ0n) is 13.1. The lowest BCUT2D eigenvalue weighted by Gasteiger charge is -2.08. The van der Waals surface area contributed by atoms with Crippen molar-refractivity contribution in [2.45, 2.75) is 12.1 Å². The molecule has 0 aliphatic carbocycles. The molecule has 0 fully saturated rings. The van der Waals surface area contributed by atoms with Gasteiger partial charge >= 0.3 is 0 Å². The molecular weight excluding hydrogens is 365 g/mol. The lowest BCUT2D eigenvalue weighted by Crippen LogP contribution is -2.14. The summed E-state index contributed by atoms with van der Waals surface area (Å²) in [7, 11) is 0. The molecule has 3 aromatic rings. The van der Waals surface area contributed by atoms with Gasteiger partial charge in [-0.1, -0.05) is 41.6 Å². The molecule has 1 aromatic heterocycles. The Morgan fingerprint density at radius 3 is 2.88 bits per heavy atom. The summed E-state index contributed by atoms with van der Waals surface area (Å²) < 4.78 is 14.7. The zero-order chi connectivity index (χ0) is 17.8. The van der Waals surface area contributed by atoms with Gasteiger partial charge in [-0.25, -0.2) is 4.39 Å². The molecule has 0 unspecified atom stereocenters. The van der Waals surface area contributed by atoms with Crippen LogP contribution in [0.15, 0.2) is 47.6 Å². The second-order valence-electron chi connectivity index (χ2n) is 5.13. The molecule has 0 saturated carbocycles. The average Bonchev–Trinajstić information content (AvgIpc) is 3.05. The van der Waals surface area contributed by atoms with Gasteiger partial charge < -0.3 is 5.32 Å². The number of tetrazole rings is 1. The van der Waals surface area contributed by atoms with Crippen molar-refractivity contribution in [2.75, 3.05) is 11.1 Å². The predicted molar refractivity (Wildman–Crippen MR) is 94.7 cm³/mol. The Hall–Kier alpha value is -2.45. The van der Waals surface area contributed by atoms with E-state index in [-0.39, 0.29) is 16.7 Å². The zero-order valence-corrected chi connectivity index (χ0v) is 14.7. The molecule has 128 valence electrons. The first-order valence-corrected chi connectivity index (χ1v) is 8.63. The van der Waals surface area contributed by atoms with Crippen molar-refractivity contribution in [2.24, 2.45) is 0 Å². The van der Waals surface area contributed by atoms with Crippen molar-refractivity contribution >= 4 is 35.0 Å². The molecule has 2 aromatic carbocycles. The van der Waals surface area contributed by atoms with Crippen LogP contribution in [0.25, 0.3) is 5.69 Å². The van der Waals surface area contributed by atoms with Gasteiger partial charge in [-0.3, -0.25) is 4.79 Å². The highest BCUT2D eigenvalue weighted by Gasteiger charge is 2.13. The van der Waals surface area contributed by atoms with Crippen LogP contribution < -0.4 is 5.32 Å². The summed E-state index contributed by atoms with van der Waals surface area (Å²) >= 11 is 6.90. The number of nitrogens with one attached hydrogen (secondary N) is 1. The number of para-hydroxylation sites is 1. The monoisotopic (exact) mass is 377 g/mol. The molecule has 0 bridgehead atoms. The smallest absolute Gasteiger partial charge is 0.234 e. The Bertz CT molecular complexity index is 917. The number of hydrogen-bond donors (Lipinski definition) is 1. The molecule has 0 atom stereocenters. The third-order valence-corrected chi connectivity index (χ3v) is 4.53. The minimum absolute atomic E-state index is 0.0473. The second kappa shape index (κ2) is 7.62. The van der Waals surface area contributed by atoms with E-state index in [0.717, 1.165) is 11.3 Å². The number of benzene rings is 2. The van der Waals surface area contributed by atoms with Gasteiger partial charge in [0.15, 0.2) is 0 Å². The molecule has 1 amide bonds. The van der Waals surface area contributed by atoms with Gasteiger partial charge in [0.05, 0.1) is 16.5 Å². The maximum atomic E-state index is 13.1. The molecule has 0 aliphatic heterocycles. The number of anilines is 1. The van der Waals surface area contributed by atoms with Crippen LogP contribution >= 0.6 is 23.4 Å². The van der Waals surface area contributed by atoms with E-state index in [1.165, 1.54) is 30.0 Å². The number of amides is 1. The third-order valence-electron chi connectivity index (χ3n) is 3.32. The fraction of sp³-hybridized carbons (Fsp3) is 0.125. The predicted octanol–water partition coefficient (Wildman–Crippen LogP) is 3.49. The van der Waals surface area contributed by atoms with E-state index in [1.54, 1.807) is 4.68 Å². The number of aromatic nitrogens is 4. The number of carbonyl (C=O) groups is 1. The summed E-state index contributed by atoms with van der Waals surface area (Å²) in [6.07, 6.45) is 0. The Balaban J connectivity index is 1.66. The van der Waals surface area contributed by atoms with E-state index in [4.69, 9.17) is 11.6 Å². The first kappa shape index (κ1) is 17.4. The van der Waals surface area contributed by atoms with Crippen molar-refractivity contribution in [1.82, 2.24) is 20.2 Å². The number of aryl methyl sites for hydroxylation is 1. The van der Waals surface area contributed by atoms with Crippen LogP contribution in [-0.2, 0) is 4.79 Å². The van der Waals surface area contributed by atoms with Crippen molar-refractivity contribution in [3.05, 3.63) is 58.9 Å². The largest absolute Gasteiger partial charge is 0.325 e. The van der Waals surface area contributed by atoms with Crippen molar-refractivity contribution < 1.29 is 9.18 Å². The summed E-state index contributed by atoms with van der Waals surface area (Å²) in [5.74, 6) is -0.709. The molecule has 1 heterocycles. The molecule has 0 aliphatic rings. The van der Waals surface area contributed by atoms with E-state index >= 15 is 0 Å². The standard InChI is InChI=1S/C16H13ClFN5OS/c1-10-4-2-3-5-14(10)23-16(20-21-22-23)25-9-15(24)19-11-6-7-13(18)12(17)8-11/h2-8H,9H2,1H3,(H,19,24). The molecule has 6 nitrogen and oxygen atoms in total. The Morgan fingerprint density at radius 2 is 2.12 bits per heavy atom. The van der Waals surface area contributed by atoms with E-state index in [1.807, 2.05) is 31.2 Å². The number of halogens is 2. The van der Waals surface area contributed by atoms with Gasteiger partial charge in [-0.05, 0) is 47.2 Å². The van der Waals surface area contributed by atoms with E-state index in [2.05, 4.69) is 20.8 Å². The Kier molecular flexibility index (Phi) is 5.30. The summed E-state index contributed by atoms with van der Waals surface area (Å²) in [5, 5.41) is 14.7. The van der Waals surface area contributed by atoms with Gasteiger partial charge in [-0.15, -0.1) is 5.10 Å². The van der Waals surface area contributed by atoms with Crippen molar-refractivity contribution in [1.29, 1.82) is 0 Å². The fourth-order valence-electron chi connectivity index (χ4n) is 2.12. The van der Waals surface area contributed by atoms with Crippen LogP contribution in [0.3, 0.4) is 0 Å². The molecule has 3 rings (SSSR count). The lowest BCUT2D eigenvalue weighted by atomic mass is 10.2. The van der Waals surface area contributed by atoms with Crippen molar-refractivity contribution in [3.63, 3.8) is 0 Å². The average molecular weight is 378 g/mol. The summed E-state index contributed by atoms with van der Waals surface area (Å²) in [5.41, 5.74) is 2.29.